The van der Waals surface area contributed by atoms with Crippen molar-refractivity contribution in [2.75, 3.05) is 44.6 Å². The van der Waals surface area contributed by atoms with E-state index in [1.807, 2.05) is 30.0 Å². The Kier molecular flexibility index (Phi) is 12.1. The SMILES string of the molecule is CCNC(=NCCCN1CCCC1=O)NCCOc1cccc(NC(C)=O)c1.I. The van der Waals surface area contributed by atoms with E-state index in [4.69, 9.17) is 4.74 Å². The quantitative estimate of drug-likeness (QED) is 0.192. The van der Waals surface area contributed by atoms with Gasteiger partial charge in [-0.2, -0.15) is 0 Å². The van der Waals surface area contributed by atoms with Crippen LogP contribution in [0.5, 0.6) is 5.75 Å². The summed E-state index contributed by atoms with van der Waals surface area (Å²) in [6, 6.07) is 7.30. The molecule has 8 nitrogen and oxygen atoms in total. The summed E-state index contributed by atoms with van der Waals surface area (Å²) in [5.41, 5.74) is 0.712. The number of likely N-dealkylation sites (tertiary alicyclic amines) is 1. The minimum absolute atomic E-state index is 0. The lowest BCUT2D eigenvalue weighted by Crippen LogP contribution is -2.39. The molecule has 1 aliphatic heterocycles. The summed E-state index contributed by atoms with van der Waals surface area (Å²) < 4.78 is 5.72. The third-order valence-electron chi connectivity index (χ3n) is 4.19. The van der Waals surface area contributed by atoms with Crippen LogP contribution in [0, 0.1) is 0 Å². The molecule has 1 aromatic rings. The van der Waals surface area contributed by atoms with Crippen molar-refractivity contribution in [1.29, 1.82) is 0 Å². The molecule has 1 aliphatic rings. The zero-order chi connectivity index (χ0) is 20.2. The fourth-order valence-electron chi connectivity index (χ4n) is 2.94. The number of nitrogens with one attached hydrogen (secondary N) is 3. The molecule has 1 saturated heterocycles. The van der Waals surface area contributed by atoms with Crippen LogP contribution in [0.15, 0.2) is 29.3 Å². The number of hydrogen-bond acceptors (Lipinski definition) is 4. The van der Waals surface area contributed by atoms with Crippen LogP contribution in [0.3, 0.4) is 0 Å². The number of rotatable bonds is 10. The highest BCUT2D eigenvalue weighted by atomic mass is 127. The second-order valence-electron chi connectivity index (χ2n) is 6.58. The highest BCUT2D eigenvalue weighted by Crippen LogP contribution is 2.17. The fourth-order valence-corrected chi connectivity index (χ4v) is 2.94. The zero-order valence-electron chi connectivity index (χ0n) is 17.2. The van der Waals surface area contributed by atoms with Gasteiger partial charge in [0.25, 0.3) is 0 Å². The molecule has 2 amide bonds. The van der Waals surface area contributed by atoms with Crippen molar-refractivity contribution in [3.8, 4) is 5.75 Å². The van der Waals surface area contributed by atoms with Gasteiger partial charge in [-0.3, -0.25) is 14.6 Å². The third-order valence-corrected chi connectivity index (χ3v) is 4.19. The average molecular weight is 517 g/mol. The number of halogens is 1. The van der Waals surface area contributed by atoms with Crippen molar-refractivity contribution >= 4 is 47.4 Å². The largest absolute Gasteiger partial charge is 0.492 e. The highest BCUT2D eigenvalue weighted by Gasteiger charge is 2.18. The van der Waals surface area contributed by atoms with Crippen molar-refractivity contribution in [2.45, 2.75) is 33.1 Å². The minimum atomic E-state index is -0.112. The van der Waals surface area contributed by atoms with Crippen molar-refractivity contribution in [3.05, 3.63) is 24.3 Å². The molecule has 29 heavy (non-hydrogen) atoms. The van der Waals surface area contributed by atoms with Crippen LogP contribution in [-0.4, -0.2) is 62.0 Å². The molecule has 0 radical (unpaired) electrons. The van der Waals surface area contributed by atoms with Crippen LogP contribution in [0.2, 0.25) is 0 Å². The standard InChI is InChI=1S/C20H31N5O3.HI/c1-3-21-20(22-10-6-13-25-12-5-9-19(25)27)23-11-14-28-18-8-4-7-17(15-18)24-16(2)26;/h4,7-8,15H,3,5-6,9-14H2,1-2H3,(H,24,26)(H2,21,22,23);1H. The van der Waals surface area contributed by atoms with E-state index in [0.29, 0.717) is 37.6 Å². The van der Waals surface area contributed by atoms with E-state index in [9.17, 15) is 9.59 Å². The number of carbonyl (C=O) groups excluding carboxylic acids is 2. The summed E-state index contributed by atoms with van der Waals surface area (Å²) in [6.45, 7) is 7.65. The first-order valence-corrected chi connectivity index (χ1v) is 9.89. The second-order valence-corrected chi connectivity index (χ2v) is 6.58. The number of carbonyl (C=O) groups is 2. The van der Waals surface area contributed by atoms with Gasteiger partial charge < -0.3 is 25.6 Å². The summed E-state index contributed by atoms with van der Waals surface area (Å²) in [6.07, 6.45) is 2.51. The Morgan fingerprint density at radius 3 is 2.83 bits per heavy atom. The number of amides is 2. The van der Waals surface area contributed by atoms with E-state index >= 15 is 0 Å². The predicted molar refractivity (Wildman–Crippen MR) is 126 cm³/mol. The van der Waals surface area contributed by atoms with E-state index in [1.165, 1.54) is 6.92 Å². The first-order chi connectivity index (χ1) is 13.6. The molecule has 162 valence electrons. The molecule has 0 saturated carbocycles. The fraction of sp³-hybridized carbons (Fsp3) is 0.550. The number of hydrogen-bond donors (Lipinski definition) is 3. The van der Waals surface area contributed by atoms with E-state index in [0.717, 1.165) is 38.4 Å². The van der Waals surface area contributed by atoms with Crippen LogP contribution >= 0.6 is 24.0 Å². The molecule has 9 heteroatoms. The zero-order valence-corrected chi connectivity index (χ0v) is 19.5. The van der Waals surface area contributed by atoms with Crippen molar-refractivity contribution in [1.82, 2.24) is 15.5 Å². The van der Waals surface area contributed by atoms with Gasteiger partial charge in [0.2, 0.25) is 11.8 Å². The van der Waals surface area contributed by atoms with Gasteiger partial charge in [0.1, 0.15) is 12.4 Å². The molecule has 1 aromatic carbocycles. The molecule has 0 spiro atoms. The van der Waals surface area contributed by atoms with Gasteiger partial charge in [-0.25, -0.2) is 0 Å². The molecule has 2 rings (SSSR count). The molecule has 1 fully saturated rings. The average Bonchev–Trinajstić information content (AvgIpc) is 3.07. The van der Waals surface area contributed by atoms with Crippen molar-refractivity contribution in [2.24, 2.45) is 4.99 Å². The molecule has 0 aliphatic carbocycles. The lowest BCUT2D eigenvalue weighted by Gasteiger charge is -2.15. The lowest BCUT2D eigenvalue weighted by atomic mass is 10.3. The van der Waals surface area contributed by atoms with Gasteiger partial charge in [0, 0.05) is 51.3 Å². The van der Waals surface area contributed by atoms with E-state index in [-0.39, 0.29) is 35.8 Å². The van der Waals surface area contributed by atoms with Gasteiger partial charge in [-0.15, -0.1) is 24.0 Å². The monoisotopic (exact) mass is 517 g/mol. The van der Waals surface area contributed by atoms with E-state index < -0.39 is 0 Å². The number of ether oxygens (including phenoxy) is 1. The maximum atomic E-state index is 11.6. The van der Waals surface area contributed by atoms with Gasteiger partial charge in [0.05, 0.1) is 6.54 Å². The van der Waals surface area contributed by atoms with Gasteiger partial charge >= 0.3 is 0 Å². The van der Waals surface area contributed by atoms with Crippen LogP contribution in [-0.2, 0) is 9.59 Å². The summed E-state index contributed by atoms with van der Waals surface area (Å²) in [5.74, 6) is 1.59. The Hall–Kier alpha value is -2.04. The molecule has 0 unspecified atom stereocenters. The molecular weight excluding hydrogens is 485 g/mol. The molecule has 0 aromatic heterocycles. The summed E-state index contributed by atoms with van der Waals surface area (Å²) in [5, 5.41) is 9.18. The Morgan fingerprint density at radius 1 is 1.31 bits per heavy atom. The first kappa shape index (κ1) is 25.0. The van der Waals surface area contributed by atoms with Crippen LogP contribution in [0.25, 0.3) is 0 Å². The van der Waals surface area contributed by atoms with Crippen molar-refractivity contribution in [3.63, 3.8) is 0 Å². The number of nitrogens with zero attached hydrogens (tertiary/aromatic N) is 2. The Morgan fingerprint density at radius 2 is 2.14 bits per heavy atom. The number of benzene rings is 1. The maximum absolute atomic E-state index is 11.6. The topological polar surface area (TPSA) is 95.1 Å². The Balaban J connectivity index is 0.00000420. The molecular formula is C20H32IN5O3. The summed E-state index contributed by atoms with van der Waals surface area (Å²) >= 11 is 0. The normalized spacial score (nSPS) is 13.7. The second kappa shape index (κ2) is 14.0. The lowest BCUT2D eigenvalue weighted by molar-refractivity contribution is -0.127. The molecule has 0 atom stereocenters. The smallest absolute Gasteiger partial charge is 0.222 e. The Bertz CT molecular complexity index is 684. The first-order valence-electron chi connectivity index (χ1n) is 9.89. The van der Waals surface area contributed by atoms with Gasteiger partial charge in [-0.1, -0.05) is 6.07 Å². The summed E-state index contributed by atoms with van der Waals surface area (Å²) in [4.78, 5) is 29.2. The van der Waals surface area contributed by atoms with Crippen molar-refractivity contribution < 1.29 is 14.3 Å². The van der Waals surface area contributed by atoms with Crippen LogP contribution in [0.4, 0.5) is 5.69 Å². The minimum Gasteiger partial charge on any atom is -0.492 e. The number of aliphatic imine (C=N–C) groups is 1. The summed E-state index contributed by atoms with van der Waals surface area (Å²) in [7, 11) is 0. The van der Waals surface area contributed by atoms with Crippen LogP contribution in [0.1, 0.15) is 33.1 Å². The highest BCUT2D eigenvalue weighted by molar-refractivity contribution is 14.0. The van der Waals surface area contributed by atoms with Crippen LogP contribution < -0.4 is 20.7 Å². The number of anilines is 1. The molecule has 1 heterocycles. The predicted octanol–water partition coefficient (Wildman–Crippen LogP) is 2.21. The molecule has 3 N–H and O–H groups in total. The van der Waals surface area contributed by atoms with E-state index in [1.54, 1.807) is 6.07 Å². The third kappa shape index (κ3) is 9.82. The number of guanidine groups is 1. The Labute approximate surface area is 189 Å². The van der Waals surface area contributed by atoms with Gasteiger partial charge in [-0.05, 0) is 31.9 Å². The van der Waals surface area contributed by atoms with E-state index in [2.05, 4.69) is 20.9 Å². The maximum Gasteiger partial charge on any atom is 0.222 e. The molecule has 0 bridgehead atoms. The van der Waals surface area contributed by atoms with Gasteiger partial charge in [0.15, 0.2) is 5.96 Å².